The first kappa shape index (κ1) is 15.9. The maximum absolute atomic E-state index is 12.7. The first-order valence-electron chi connectivity index (χ1n) is 6.63. The van der Waals surface area contributed by atoms with E-state index in [1.807, 2.05) is 0 Å². The van der Waals surface area contributed by atoms with E-state index in [-0.39, 0.29) is 21.6 Å². The molecule has 2 rings (SSSR count). The van der Waals surface area contributed by atoms with Crippen LogP contribution in [-0.4, -0.2) is 47.4 Å². The summed E-state index contributed by atoms with van der Waals surface area (Å²) in [5, 5.41) is 7.57. The van der Waals surface area contributed by atoms with Gasteiger partial charge in [0.1, 0.15) is 0 Å². The fraction of sp³-hybridized carbons (Fsp3) is 0.818. The molecule has 1 aliphatic carbocycles. The van der Waals surface area contributed by atoms with Gasteiger partial charge in [0, 0.05) is 20.1 Å². The van der Waals surface area contributed by atoms with Gasteiger partial charge in [0.15, 0.2) is 4.60 Å². The molecule has 1 heterocycles. The average molecular weight is 366 g/mol. The van der Waals surface area contributed by atoms with Crippen molar-refractivity contribution < 1.29 is 8.42 Å². The van der Waals surface area contributed by atoms with Crippen LogP contribution in [0, 0.1) is 5.92 Å². The summed E-state index contributed by atoms with van der Waals surface area (Å²) in [5.74, 6) is 0.212. The van der Waals surface area contributed by atoms with Crippen molar-refractivity contribution in [2.24, 2.45) is 18.7 Å². The van der Waals surface area contributed by atoms with E-state index in [9.17, 15) is 8.42 Å². The molecular weight excluding hydrogens is 346 g/mol. The highest BCUT2D eigenvalue weighted by Crippen LogP contribution is 2.31. The fourth-order valence-electron chi connectivity index (χ4n) is 2.85. The second-order valence-electron chi connectivity index (χ2n) is 5.18. The second kappa shape index (κ2) is 6.08. The number of rotatable bonds is 4. The zero-order valence-electron chi connectivity index (χ0n) is 11.7. The van der Waals surface area contributed by atoms with E-state index in [0.29, 0.717) is 6.54 Å². The molecule has 0 saturated heterocycles. The lowest BCUT2D eigenvalue weighted by molar-refractivity contribution is 0.203. The lowest BCUT2D eigenvalue weighted by Gasteiger charge is -2.36. The average Bonchev–Trinajstić information content (AvgIpc) is 2.77. The highest BCUT2D eigenvalue weighted by molar-refractivity contribution is 9.10. The molecule has 20 heavy (non-hydrogen) atoms. The zero-order chi connectivity index (χ0) is 14.9. The first-order chi connectivity index (χ1) is 9.39. The lowest BCUT2D eigenvalue weighted by Crippen LogP contribution is -2.46. The molecule has 2 atom stereocenters. The molecule has 2 N–H and O–H groups in total. The molecule has 2 unspecified atom stereocenters. The van der Waals surface area contributed by atoms with E-state index in [4.69, 9.17) is 5.73 Å². The number of nitrogens with zero attached hydrogens (tertiary/aromatic N) is 4. The van der Waals surface area contributed by atoms with Crippen molar-refractivity contribution in [3.05, 3.63) is 4.60 Å². The largest absolute Gasteiger partial charge is 0.330 e. The molecule has 0 spiro atoms. The molecule has 7 nitrogen and oxygen atoms in total. The minimum Gasteiger partial charge on any atom is -0.330 e. The Morgan fingerprint density at radius 1 is 1.45 bits per heavy atom. The van der Waals surface area contributed by atoms with Crippen LogP contribution in [0.25, 0.3) is 0 Å². The minimum atomic E-state index is -3.63. The van der Waals surface area contributed by atoms with E-state index in [1.165, 1.54) is 8.99 Å². The van der Waals surface area contributed by atoms with Gasteiger partial charge in [-0.05, 0) is 41.2 Å². The summed E-state index contributed by atoms with van der Waals surface area (Å²) < 4.78 is 28.5. The number of nitrogens with two attached hydrogens (primary N) is 1. The van der Waals surface area contributed by atoms with Crippen LogP contribution in [0.15, 0.2) is 9.63 Å². The van der Waals surface area contributed by atoms with E-state index in [0.717, 1.165) is 25.7 Å². The predicted molar refractivity (Wildman–Crippen MR) is 78.5 cm³/mol. The number of aryl methyl sites for hydroxylation is 1. The van der Waals surface area contributed by atoms with Gasteiger partial charge in [-0.3, -0.25) is 0 Å². The predicted octanol–water partition coefficient (Wildman–Crippen LogP) is 0.716. The summed E-state index contributed by atoms with van der Waals surface area (Å²) >= 11 is 3.15. The monoisotopic (exact) mass is 365 g/mol. The van der Waals surface area contributed by atoms with Crippen LogP contribution < -0.4 is 5.73 Å². The summed E-state index contributed by atoms with van der Waals surface area (Å²) in [6.45, 7) is 0.509. The van der Waals surface area contributed by atoms with Gasteiger partial charge < -0.3 is 5.73 Å². The maximum Gasteiger partial charge on any atom is 0.263 e. The van der Waals surface area contributed by atoms with Gasteiger partial charge in [0.25, 0.3) is 10.0 Å². The minimum absolute atomic E-state index is 0.0550. The smallest absolute Gasteiger partial charge is 0.263 e. The van der Waals surface area contributed by atoms with Crippen LogP contribution in [0.2, 0.25) is 0 Å². The van der Waals surface area contributed by atoms with Gasteiger partial charge in [-0.25, -0.2) is 13.1 Å². The molecule has 0 aliphatic heterocycles. The van der Waals surface area contributed by atoms with Crippen LogP contribution in [0.5, 0.6) is 0 Å². The highest BCUT2D eigenvalue weighted by Gasteiger charge is 2.37. The van der Waals surface area contributed by atoms with Crippen molar-refractivity contribution in [3.8, 4) is 0 Å². The van der Waals surface area contributed by atoms with Crippen molar-refractivity contribution in [1.29, 1.82) is 0 Å². The Hall–Kier alpha value is -0.510. The molecular formula is C11H20BrN5O2S. The van der Waals surface area contributed by atoms with Crippen molar-refractivity contribution in [2.75, 3.05) is 13.6 Å². The molecule has 114 valence electrons. The van der Waals surface area contributed by atoms with Crippen LogP contribution in [-0.2, 0) is 17.1 Å². The molecule has 0 bridgehead atoms. The molecule has 0 aromatic carbocycles. The third-order valence-electron chi connectivity index (χ3n) is 4.00. The number of halogens is 1. The number of sulfonamides is 1. The Bertz CT molecular complexity index is 554. The van der Waals surface area contributed by atoms with Crippen molar-refractivity contribution in [3.63, 3.8) is 0 Å². The fourth-order valence-corrected chi connectivity index (χ4v) is 5.33. The molecule has 1 fully saturated rings. The Kier molecular flexibility index (Phi) is 4.83. The third kappa shape index (κ3) is 2.76. The van der Waals surface area contributed by atoms with Gasteiger partial charge in [-0.15, -0.1) is 5.10 Å². The summed E-state index contributed by atoms with van der Waals surface area (Å²) in [5.41, 5.74) is 5.79. The van der Waals surface area contributed by atoms with Crippen LogP contribution in [0.4, 0.5) is 0 Å². The quantitative estimate of drug-likeness (QED) is 0.847. The Balaban J connectivity index is 2.34. The summed E-state index contributed by atoms with van der Waals surface area (Å²) in [6.07, 6.45) is 3.97. The van der Waals surface area contributed by atoms with Gasteiger partial charge in [-0.1, -0.05) is 18.1 Å². The summed E-state index contributed by atoms with van der Waals surface area (Å²) in [7, 11) is -0.443. The van der Waals surface area contributed by atoms with Crippen molar-refractivity contribution in [2.45, 2.75) is 36.8 Å². The third-order valence-corrected chi connectivity index (χ3v) is 6.77. The van der Waals surface area contributed by atoms with Gasteiger partial charge >= 0.3 is 0 Å². The first-order valence-corrected chi connectivity index (χ1v) is 8.86. The van der Waals surface area contributed by atoms with Crippen LogP contribution in [0.3, 0.4) is 0 Å². The maximum atomic E-state index is 12.7. The normalized spacial score (nSPS) is 24.2. The molecule has 1 aliphatic rings. The molecule has 1 saturated carbocycles. The number of hydrogen-bond donors (Lipinski definition) is 1. The van der Waals surface area contributed by atoms with E-state index in [2.05, 4.69) is 26.2 Å². The molecule has 1 aromatic heterocycles. The molecule has 1 aromatic rings. The highest BCUT2D eigenvalue weighted by atomic mass is 79.9. The van der Waals surface area contributed by atoms with E-state index < -0.39 is 10.0 Å². The number of hydrogen-bond acceptors (Lipinski definition) is 5. The van der Waals surface area contributed by atoms with Gasteiger partial charge in [0.2, 0.25) is 5.03 Å². The molecule has 0 radical (unpaired) electrons. The Morgan fingerprint density at radius 3 is 2.65 bits per heavy atom. The van der Waals surface area contributed by atoms with Gasteiger partial charge in [0.05, 0.1) is 0 Å². The summed E-state index contributed by atoms with van der Waals surface area (Å²) in [4.78, 5) is 0. The van der Waals surface area contributed by atoms with E-state index in [1.54, 1.807) is 14.1 Å². The standard InChI is InChI=1S/C11H20BrN5O2S/c1-16-11(10(12)14-15-16)20(18,19)17(2)9-6-4-3-5-8(9)7-13/h8-9H,3-7,13H2,1-2H3. The Labute approximate surface area is 127 Å². The van der Waals surface area contributed by atoms with Gasteiger partial charge in [-0.2, -0.15) is 4.31 Å². The molecule has 0 amide bonds. The van der Waals surface area contributed by atoms with E-state index >= 15 is 0 Å². The summed E-state index contributed by atoms with van der Waals surface area (Å²) in [6, 6.07) is -0.0550. The lowest BCUT2D eigenvalue weighted by atomic mass is 9.85. The van der Waals surface area contributed by atoms with Crippen LogP contribution in [0.1, 0.15) is 25.7 Å². The number of aromatic nitrogens is 3. The van der Waals surface area contributed by atoms with Crippen LogP contribution >= 0.6 is 15.9 Å². The SMILES string of the molecule is CN(C1CCCCC1CN)S(=O)(=O)c1c(Br)nnn1C. The molecule has 9 heteroatoms. The second-order valence-corrected chi connectivity index (χ2v) is 7.84. The Morgan fingerprint density at radius 2 is 2.10 bits per heavy atom. The zero-order valence-corrected chi connectivity index (χ0v) is 14.1. The van der Waals surface area contributed by atoms with Crippen molar-refractivity contribution in [1.82, 2.24) is 19.3 Å². The van der Waals surface area contributed by atoms with Crippen molar-refractivity contribution >= 4 is 26.0 Å². The topological polar surface area (TPSA) is 94.1 Å².